The zero-order valence-corrected chi connectivity index (χ0v) is 16.0. The van der Waals surface area contributed by atoms with E-state index in [9.17, 15) is 14.7 Å². The highest BCUT2D eigenvalue weighted by Gasteiger charge is 2.15. The number of carbonyl (C=O) groups is 2. The quantitative estimate of drug-likeness (QED) is 0.595. The molecular weight excluding hydrogens is 352 g/mol. The van der Waals surface area contributed by atoms with Crippen LogP contribution >= 0.6 is 0 Å². The summed E-state index contributed by atoms with van der Waals surface area (Å²) in [5, 5.41) is 17.7. The lowest BCUT2D eigenvalue weighted by Gasteiger charge is -2.14. The van der Waals surface area contributed by atoms with Gasteiger partial charge in [-0.25, -0.2) is 0 Å². The van der Waals surface area contributed by atoms with Gasteiger partial charge in [0.15, 0.2) is 0 Å². The van der Waals surface area contributed by atoms with Crippen molar-refractivity contribution in [2.75, 3.05) is 11.9 Å². The molecule has 0 aliphatic carbocycles. The van der Waals surface area contributed by atoms with Crippen LogP contribution in [0.1, 0.15) is 29.2 Å². The largest absolute Gasteiger partial charge is 0.388 e. The van der Waals surface area contributed by atoms with Crippen LogP contribution in [0.3, 0.4) is 0 Å². The lowest BCUT2D eigenvalue weighted by Crippen LogP contribution is -2.36. The van der Waals surface area contributed by atoms with Crippen molar-refractivity contribution < 1.29 is 14.7 Å². The predicted molar refractivity (Wildman–Crippen MR) is 111 cm³/mol. The van der Waals surface area contributed by atoms with Crippen molar-refractivity contribution in [2.24, 2.45) is 0 Å². The van der Waals surface area contributed by atoms with Crippen molar-refractivity contribution in [3.8, 4) is 0 Å². The minimum absolute atomic E-state index is 0.198. The van der Waals surface area contributed by atoms with E-state index in [4.69, 9.17) is 0 Å². The highest BCUT2D eigenvalue weighted by molar-refractivity contribution is 6.39. The number of rotatable bonds is 5. The maximum atomic E-state index is 12.0. The lowest BCUT2D eigenvalue weighted by molar-refractivity contribution is -0.136. The molecule has 3 rings (SSSR count). The molecule has 5 heteroatoms. The van der Waals surface area contributed by atoms with Crippen molar-refractivity contribution >= 4 is 28.3 Å². The number of nitrogens with one attached hydrogen (secondary N) is 2. The van der Waals surface area contributed by atoms with Crippen molar-refractivity contribution in [1.29, 1.82) is 0 Å². The van der Waals surface area contributed by atoms with E-state index in [1.165, 1.54) is 0 Å². The summed E-state index contributed by atoms with van der Waals surface area (Å²) < 4.78 is 0. The van der Waals surface area contributed by atoms with Gasteiger partial charge in [0.2, 0.25) is 0 Å². The first-order chi connectivity index (χ1) is 13.5. The van der Waals surface area contributed by atoms with E-state index < -0.39 is 17.9 Å². The molecule has 0 aliphatic heterocycles. The summed E-state index contributed by atoms with van der Waals surface area (Å²) in [5.41, 5.74) is 3.55. The number of aryl methyl sites for hydroxylation is 2. The van der Waals surface area contributed by atoms with Gasteiger partial charge in [-0.3, -0.25) is 9.59 Å². The van der Waals surface area contributed by atoms with Gasteiger partial charge >= 0.3 is 11.8 Å². The Kier molecular flexibility index (Phi) is 6.06. The lowest BCUT2D eigenvalue weighted by atomic mass is 9.99. The van der Waals surface area contributed by atoms with Crippen LogP contribution in [0.2, 0.25) is 0 Å². The molecule has 5 nitrogen and oxygen atoms in total. The van der Waals surface area contributed by atoms with E-state index in [1.807, 2.05) is 68.4 Å². The molecule has 0 unspecified atom stereocenters. The van der Waals surface area contributed by atoms with Crippen LogP contribution in [-0.4, -0.2) is 23.5 Å². The fourth-order valence-electron chi connectivity index (χ4n) is 3.11. The van der Waals surface area contributed by atoms with Crippen molar-refractivity contribution in [1.82, 2.24) is 5.32 Å². The van der Waals surface area contributed by atoms with Gasteiger partial charge in [0, 0.05) is 12.2 Å². The Morgan fingerprint density at radius 2 is 1.68 bits per heavy atom. The number of anilines is 1. The normalized spacial score (nSPS) is 11.8. The minimum Gasteiger partial charge on any atom is -0.388 e. The van der Waals surface area contributed by atoms with E-state index in [0.29, 0.717) is 12.1 Å². The monoisotopic (exact) mass is 376 g/mol. The second kappa shape index (κ2) is 8.67. The van der Waals surface area contributed by atoms with Crippen molar-refractivity contribution in [2.45, 2.75) is 26.4 Å². The van der Waals surface area contributed by atoms with E-state index >= 15 is 0 Å². The standard InChI is InChI=1S/C23H24N2O3/c1-15-10-11-18(14-16(15)2)25-23(28)22(27)24-13-12-21(26)20-9-5-7-17-6-3-4-8-19(17)20/h3-11,14,21,26H,12-13H2,1-2H3,(H,24,27)(H,25,28)/t21-/m1/s1. The Bertz CT molecular complexity index is 1010. The number of benzene rings is 3. The second-order valence-corrected chi connectivity index (χ2v) is 6.88. The van der Waals surface area contributed by atoms with Crippen LogP contribution < -0.4 is 10.6 Å². The number of hydrogen-bond donors (Lipinski definition) is 3. The molecule has 0 heterocycles. The Morgan fingerprint density at radius 1 is 0.929 bits per heavy atom. The molecule has 0 saturated heterocycles. The van der Waals surface area contributed by atoms with Crippen LogP contribution in [0, 0.1) is 13.8 Å². The van der Waals surface area contributed by atoms with Gasteiger partial charge < -0.3 is 15.7 Å². The maximum absolute atomic E-state index is 12.0. The van der Waals surface area contributed by atoms with Gasteiger partial charge in [0.05, 0.1) is 6.10 Å². The molecule has 0 bridgehead atoms. The summed E-state index contributed by atoms with van der Waals surface area (Å²) in [6.45, 7) is 4.12. The average Bonchev–Trinajstić information content (AvgIpc) is 2.70. The molecule has 0 saturated carbocycles. The number of amides is 2. The Labute approximate surface area is 164 Å². The Hall–Kier alpha value is -3.18. The Morgan fingerprint density at radius 3 is 2.46 bits per heavy atom. The summed E-state index contributed by atoms with van der Waals surface area (Å²) >= 11 is 0. The van der Waals surface area contributed by atoms with Crippen LogP contribution in [0.25, 0.3) is 10.8 Å². The number of carbonyl (C=O) groups excluding carboxylic acids is 2. The first-order valence-corrected chi connectivity index (χ1v) is 9.28. The summed E-state index contributed by atoms with van der Waals surface area (Å²) in [4.78, 5) is 24.1. The van der Waals surface area contributed by atoms with Gasteiger partial charge in [0.1, 0.15) is 0 Å². The molecule has 1 atom stereocenters. The van der Waals surface area contributed by atoms with Crippen molar-refractivity contribution in [3.05, 3.63) is 77.4 Å². The molecule has 0 aromatic heterocycles. The summed E-state index contributed by atoms with van der Waals surface area (Å²) in [6, 6.07) is 19.1. The van der Waals surface area contributed by atoms with Gasteiger partial charge in [-0.1, -0.05) is 48.5 Å². The van der Waals surface area contributed by atoms with E-state index in [0.717, 1.165) is 27.5 Å². The number of aliphatic hydroxyl groups is 1. The molecule has 0 fully saturated rings. The first-order valence-electron chi connectivity index (χ1n) is 9.28. The smallest absolute Gasteiger partial charge is 0.313 e. The first kappa shape index (κ1) is 19.6. The Balaban J connectivity index is 1.54. The minimum atomic E-state index is -0.728. The molecule has 0 spiro atoms. The maximum Gasteiger partial charge on any atom is 0.313 e. The van der Waals surface area contributed by atoms with Crippen LogP contribution in [0.4, 0.5) is 5.69 Å². The van der Waals surface area contributed by atoms with Gasteiger partial charge in [-0.05, 0) is 59.9 Å². The SMILES string of the molecule is Cc1ccc(NC(=O)C(=O)NCC[C@@H](O)c2cccc3ccccc23)cc1C. The molecule has 28 heavy (non-hydrogen) atoms. The summed E-state index contributed by atoms with van der Waals surface area (Å²) in [7, 11) is 0. The molecule has 0 aliphatic rings. The fraction of sp³-hybridized carbons (Fsp3) is 0.217. The highest BCUT2D eigenvalue weighted by Crippen LogP contribution is 2.25. The van der Waals surface area contributed by atoms with Gasteiger partial charge in [-0.15, -0.1) is 0 Å². The molecule has 0 radical (unpaired) electrons. The summed E-state index contributed by atoms with van der Waals surface area (Å²) in [6.07, 6.45) is -0.411. The second-order valence-electron chi connectivity index (χ2n) is 6.88. The molecule has 144 valence electrons. The fourth-order valence-corrected chi connectivity index (χ4v) is 3.11. The van der Waals surface area contributed by atoms with E-state index in [1.54, 1.807) is 6.07 Å². The van der Waals surface area contributed by atoms with Gasteiger partial charge in [0.25, 0.3) is 0 Å². The third-order valence-corrected chi connectivity index (χ3v) is 4.86. The zero-order valence-electron chi connectivity index (χ0n) is 16.0. The third-order valence-electron chi connectivity index (χ3n) is 4.86. The topological polar surface area (TPSA) is 78.4 Å². The van der Waals surface area contributed by atoms with Gasteiger partial charge in [-0.2, -0.15) is 0 Å². The number of hydrogen-bond acceptors (Lipinski definition) is 3. The molecule has 3 aromatic carbocycles. The number of fused-ring (bicyclic) bond motifs is 1. The predicted octanol–water partition coefficient (Wildman–Crippen LogP) is 3.64. The molecule has 3 aromatic rings. The average molecular weight is 376 g/mol. The van der Waals surface area contributed by atoms with E-state index in [2.05, 4.69) is 10.6 Å². The third kappa shape index (κ3) is 4.56. The molecule has 3 N–H and O–H groups in total. The summed E-state index contributed by atoms with van der Waals surface area (Å²) in [5.74, 6) is -1.44. The van der Waals surface area contributed by atoms with E-state index in [-0.39, 0.29) is 6.54 Å². The number of aliphatic hydroxyl groups excluding tert-OH is 1. The zero-order chi connectivity index (χ0) is 20.1. The van der Waals surface area contributed by atoms with Crippen LogP contribution in [0.5, 0.6) is 0 Å². The molecular formula is C23H24N2O3. The highest BCUT2D eigenvalue weighted by atomic mass is 16.3. The van der Waals surface area contributed by atoms with Crippen molar-refractivity contribution in [3.63, 3.8) is 0 Å². The molecule has 2 amide bonds. The van der Waals surface area contributed by atoms with Crippen LogP contribution in [-0.2, 0) is 9.59 Å². The van der Waals surface area contributed by atoms with Crippen LogP contribution in [0.15, 0.2) is 60.7 Å².